The summed E-state index contributed by atoms with van der Waals surface area (Å²) in [4.78, 5) is 40.5. The van der Waals surface area contributed by atoms with Crippen molar-refractivity contribution in [2.45, 2.75) is 69.7 Å². The summed E-state index contributed by atoms with van der Waals surface area (Å²) < 4.78 is 26.8. The highest BCUT2D eigenvalue weighted by Crippen LogP contribution is 2.38. The molecular formula is C24H24FN3O6. The second-order valence-electron chi connectivity index (χ2n) is 9.37. The van der Waals surface area contributed by atoms with Crippen molar-refractivity contribution >= 4 is 11.8 Å². The summed E-state index contributed by atoms with van der Waals surface area (Å²) in [5, 5.41) is 13.2. The van der Waals surface area contributed by atoms with Gasteiger partial charge in [-0.1, -0.05) is 6.07 Å². The van der Waals surface area contributed by atoms with Crippen molar-refractivity contribution < 1.29 is 28.6 Å². The minimum absolute atomic E-state index is 0.00489. The molecule has 1 aromatic carbocycles. The van der Waals surface area contributed by atoms with E-state index in [-0.39, 0.29) is 42.6 Å². The summed E-state index contributed by atoms with van der Waals surface area (Å²) in [5.41, 5.74) is -0.745. The molecule has 2 saturated carbocycles. The van der Waals surface area contributed by atoms with E-state index in [4.69, 9.17) is 9.47 Å². The summed E-state index contributed by atoms with van der Waals surface area (Å²) in [7, 11) is 0. The van der Waals surface area contributed by atoms with E-state index in [0.717, 1.165) is 32.1 Å². The van der Waals surface area contributed by atoms with Gasteiger partial charge in [-0.3, -0.25) is 14.4 Å². The van der Waals surface area contributed by atoms with Gasteiger partial charge in [0, 0.05) is 30.4 Å². The minimum atomic E-state index is -0.911. The van der Waals surface area contributed by atoms with Gasteiger partial charge in [-0.25, -0.2) is 4.39 Å². The average molecular weight is 469 g/mol. The maximum absolute atomic E-state index is 13.7. The van der Waals surface area contributed by atoms with Crippen LogP contribution in [-0.4, -0.2) is 50.9 Å². The third-order valence-corrected chi connectivity index (χ3v) is 6.99. The Morgan fingerprint density at radius 2 is 2.06 bits per heavy atom. The van der Waals surface area contributed by atoms with Crippen LogP contribution in [0.1, 0.15) is 58.5 Å². The van der Waals surface area contributed by atoms with Gasteiger partial charge in [-0.05, 0) is 38.2 Å². The van der Waals surface area contributed by atoms with E-state index in [1.54, 1.807) is 4.90 Å². The average Bonchev–Trinajstić information content (AvgIpc) is 3.55. The van der Waals surface area contributed by atoms with Crippen molar-refractivity contribution in [3.05, 3.63) is 57.3 Å². The second kappa shape index (κ2) is 7.83. The van der Waals surface area contributed by atoms with E-state index >= 15 is 0 Å². The molecule has 1 aromatic heterocycles. The van der Waals surface area contributed by atoms with Crippen molar-refractivity contribution in [3.63, 3.8) is 0 Å². The number of amides is 2. The van der Waals surface area contributed by atoms with Gasteiger partial charge < -0.3 is 29.4 Å². The first-order valence-corrected chi connectivity index (χ1v) is 11.6. The largest absolute Gasteiger partial charge is 0.503 e. The molecule has 34 heavy (non-hydrogen) atoms. The monoisotopic (exact) mass is 469 g/mol. The van der Waals surface area contributed by atoms with Crippen molar-refractivity contribution in [2.24, 2.45) is 0 Å². The standard InChI is InChI=1S/C24H24FN3O6/c25-13-2-1-12(18(7-13)33-15-5-6-15)9-26-23(31)17-10-27-11-19-28(14-3-4-16(8-14)34-19)24(32)20(27)22(30)21(17)29/h1-2,7,10,14-16,19,30H,3-6,8-9,11H2,(H,26,31)/t14?,16-,19-/m0/s1. The molecule has 3 atom stereocenters. The number of benzene rings is 1. The Balaban J connectivity index is 1.26. The topological polar surface area (TPSA) is 110 Å². The van der Waals surface area contributed by atoms with Crippen LogP contribution in [0.2, 0.25) is 0 Å². The molecule has 2 bridgehead atoms. The number of hydrogen-bond donors (Lipinski definition) is 2. The fourth-order valence-corrected chi connectivity index (χ4v) is 5.14. The van der Waals surface area contributed by atoms with E-state index in [1.165, 1.54) is 29.0 Å². The SMILES string of the molecule is O=C(NCc1ccc(F)cc1OC1CC1)c1cn2c(c(O)c1=O)C(=O)N1C3CC[C@@H](C3)O[C@H]1C2. The van der Waals surface area contributed by atoms with Gasteiger partial charge >= 0.3 is 0 Å². The van der Waals surface area contributed by atoms with E-state index in [2.05, 4.69) is 5.32 Å². The number of pyridine rings is 1. The summed E-state index contributed by atoms with van der Waals surface area (Å²) in [6, 6.07) is 4.10. The van der Waals surface area contributed by atoms with Crippen LogP contribution < -0.4 is 15.5 Å². The molecule has 2 aliphatic carbocycles. The van der Waals surface area contributed by atoms with Crippen molar-refractivity contribution in [3.8, 4) is 11.5 Å². The number of aromatic nitrogens is 1. The maximum atomic E-state index is 13.7. The highest BCUT2D eigenvalue weighted by Gasteiger charge is 2.47. The number of hydrogen-bond acceptors (Lipinski definition) is 6. The van der Waals surface area contributed by atoms with E-state index in [1.807, 2.05) is 0 Å². The number of rotatable bonds is 5. The number of carbonyl (C=O) groups is 2. The lowest BCUT2D eigenvalue weighted by molar-refractivity contribution is -0.132. The second-order valence-corrected chi connectivity index (χ2v) is 9.37. The molecule has 0 spiro atoms. The number of nitrogens with zero attached hydrogens (tertiary/aromatic N) is 2. The van der Waals surface area contributed by atoms with Gasteiger partial charge in [-0.2, -0.15) is 0 Å². The summed E-state index contributed by atoms with van der Waals surface area (Å²) >= 11 is 0. The van der Waals surface area contributed by atoms with Crippen LogP contribution in [0.5, 0.6) is 11.5 Å². The highest BCUT2D eigenvalue weighted by molar-refractivity contribution is 5.99. The lowest BCUT2D eigenvalue weighted by atomic mass is 10.1. The molecule has 0 radical (unpaired) electrons. The molecular weight excluding hydrogens is 445 g/mol. The van der Waals surface area contributed by atoms with Crippen LogP contribution in [0.15, 0.2) is 29.2 Å². The van der Waals surface area contributed by atoms with Gasteiger partial charge in [0.1, 0.15) is 17.1 Å². The fourth-order valence-electron chi connectivity index (χ4n) is 5.14. The first-order chi connectivity index (χ1) is 16.4. The molecule has 3 fully saturated rings. The van der Waals surface area contributed by atoms with E-state index < -0.39 is 35.0 Å². The van der Waals surface area contributed by atoms with Gasteiger partial charge in [0.15, 0.2) is 17.7 Å². The molecule has 10 heteroatoms. The van der Waals surface area contributed by atoms with Crippen molar-refractivity contribution in [2.75, 3.05) is 0 Å². The Kier molecular flexibility index (Phi) is 4.87. The predicted molar refractivity (Wildman–Crippen MR) is 116 cm³/mol. The number of aromatic hydroxyl groups is 1. The Hall–Kier alpha value is -3.40. The zero-order chi connectivity index (χ0) is 23.6. The predicted octanol–water partition coefficient (Wildman–Crippen LogP) is 1.90. The number of fused-ring (bicyclic) bond motifs is 5. The van der Waals surface area contributed by atoms with E-state index in [0.29, 0.717) is 11.3 Å². The molecule has 2 aromatic rings. The van der Waals surface area contributed by atoms with Gasteiger partial charge in [0.2, 0.25) is 5.43 Å². The third-order valence-electron chi connectivity index (χ3n) is 6.99. The molecule has 1 saturated heterocycles. The smallest absolute Gasteiger partial charge is 0.276 e. The fraction of sp³-hybridized carbons (Fsp3) is 0.458. The molecule has 4 aliphatic rings. The quantitative estimate of drug-likeness (QED) is 0.692. The lowest BCUT2D eigenvalue weighted by Gasteiger charge is -2.44. The summed E-state index contributed by atoms with van der Waals surface area (Å²) in [6.45, 7) is 0.227. The molecule has 2 N–H and O–H groups in total. The normalized spacial score (nSPS) is 25.0. The number of carbonyl (C=O) groups excluding carboxylic acids is 2. The van der Waals surface area contributed by atoms with E-state index in [9.17, 15) is 23.9 Å². The van der Waals surface area contributed by atoms with Crippen molar-refractivity contribution in [1.82, 2.24) is 14.8 Å². The maximum Gasteiger partial charge on any atom is 0.276 e. The van der Waals surface area contributed by atoms with Gasteiger partial charge in [0.25, 0.3) is 11.8 Å². The number of nitrogens with one attached hydrogen (secondary N) is 1. The van der Waals surface area contributed by atoms with Crippen molar-refractivity contribution in [1.29, 1.82) is 0 Å². The molecule has 3 heterocycles. The zero-order valence-corrected chi connectivity index (χ0v) is 18.3. The molecule has 178 valence electrons. The molecule has 2 aliphatic heterocycles. The van der Waals surface area contributed by atoms with Gasteiger partial charge in [-0.15, -0.1) is 0 Å². The Bertz CT molecular complexity index is 1260. The first kappa shape index (κ1) is 21.2. The molecule has 2 amide bonds. The molecule has 9 nitrogen and oxygen atoms in total. The van der Waals surface area contributed by atoms with Crippen LogP contribution in [0.4, 0.5) is 4.39 Å². The highest BCUT2D eigenvalue weighted by atomic mass is 19.1. The van der Waals surface area contributed by atoms with Crippen LogP contribution >= 0.6 is 0 Å². The Morgan fingerprint density at radius 1 is 1.24 bits per heavy atom. The third kappa shape index (κ3) is 3.53. The van der Waals surface area contributed by atoms with Crippen LogP contribution in [0.25, 0.3) is 0 Å². The Labute approximate surface area is 194 Å². The van der Waals surface area contributed by atoms with Crippen LogP contribution in [-0.2, 0) is 17.8 Å². The van der Waals surface area contributed by atoms with Gasteiger partial charge in [0.05, 0.1) is 18.8 Å². The zero-order valence-electron chi connectivity index (χ0n) is 18.3. The van der Waals surface area contributed by atoms with Crippen LogP contribution in [0.3, 0.4) is 0 Å². The number of halogens is 1. The minimum Gasteiger partial charge on any atom is -0.503 e. The number of ether oxygens (including phenoxy) is 2. The Morgan fingerprint density at radius 3 is 2.85 bits per heavy atom. The van der Waals surface area contributed by atoms with Crippen LogP contribution in [0, 0.1) is 5.82 Å². The summed E-state index contributed by atoms with van der Waals surface area (Å²) in [5.74, 6) is -2.01. The summed E-state index contributed by atoms with van der Waals surface area (Å²) in [6.07, 6.45) is 5.20. The molecule has 6 rings (SSSR count). The first-order valence-electron chi connectivity index (χ1n) is 11.6. The lowest BCUT2D eigenvalue weighted by Crippen LogP contribution is -2.57. The molecule has 1 unspecified atom stereocenters.